The first-order chi connectivity index (χ1) is 12.3. The van der Waals surface area contributed by atoms with E-state index in [1.54, 1.807) is 19.1 Å². The first-order valence-corrected chi connectivity index (χ1v) is 8.28. The highest BCUT2D eigenvalue weighted by Crippen LogP contribution is 1.96. The topological polar surface area (TPSA) is 119 Å². The molecule has 0 aliphatic heterocycles. The van der Waals surface area contributed by atoms with Gasteiger partial charge in [0.05, 0.1) is 19.1 Å². The summed E-state index contributed by atoms with van der Waals surface area (Å²) in [4.78, 5) is 20.3. The van der Waals surface area contributed by atoms with Crippen LogP contribution in [0.3, 0.4) is 0 Å². The number of ketones is 2. The summed E-state index contributed by atoms with van der Waals surface area (Å²) in [7, 11) is 0. The van der Waals surface area contributed by atoms with E-state index in [0.717, 1.165) is 0 Å². The zero-order chi connectivity index (χ0) is 20.8. The summed E-state index contributed by atoms with van der Waals surface area (Å²) in [6, 6.07) is 3.44. The number of nitrogens with zero attached hydrogens (tertiary/aromatic N) is 2. The average Bonchev–Trinajstić information content (AvgIpc) is 2.57. The van der Waals surface area contributed by atoms with Crippen molar-refractivity contribution in [2.45, 2.75) is 54.4 Å². The van der Waals surface area contributed by atoms with E-state index in [4.69, 9.17) is 29.5 Å². The molecule has 0 N–H and O–H groups in total. The molecule has 0 aromatic rings. The van der Waals surface area contributed by atoms with Gasteiger partial charge in [-0.1, -0.05) is 0 Å². The van der Waals surface area contributed by atoms with Gasteiger partial charge in [-0.05, 0) is 41.5 Å². The molecule has 148 valence electrons. The first kappa shape index (κ1) is 28.5. The molecule has 0 heterocycles. The van der Waals surface area contributed by atoms with Gasteiger partial charge in [0.1, 0.15) is 23.7 Å². The van der Waals surface area contributed by atoms with E-state index in [9.17, 15) is 9.59 Å². The Morgan fingerprint density at radius 1 is 0.923 bits per heavy atom. The summed E-state index contributed by atoms with van der Waals surface area (Å²) in [5.74, 6) is -0.339. The van der Waals surface area contributed by atoms with Crippen LogP contribution in [0, 0.1) is 22.7 Å². The Morgan fingerprint density at radius 2 is 1.38 bits per heavy atom. The van der Waals surface area contributed by atoms with Gasteiger partial charge in [0, 0.05) is 19.8 Å². The minimum absolute atomic E-state index is 0.0417. The van der Waals surface area contributed by atoms with Crippen LogP contribution >= 0.6 is 0 Å². The second-order valence-corrected chi connectivity index (χ2v) is 4.35. The lowest BCUT2D eigenvalue weighted by molar-refractivity contribution is -0.282. The number of ether oxygens (including phenoxy) is 4. The molecule has 8 nitrogen and oxygen atoms in total. The SMILES string of the molecule is CC(=O)CC#N.CCO/C=C(/C#N)C(C)=O.CCOC(OCC)OCC. The summed E-state index contributed by atoms with van der Waals surface area (Å²) in [5, 5.41) is 16.1. The third-order valence-electron chi connectivity index (χ3n) is 2.10. The van der Waals surface area contributed by atoms with E-state index in [1.165, 1.54) is 20.1 Å². The number of allylic oxidation sites excluding steroid dienone is 1. The van der Waals surface area contributed by atoms with Crippen LogP contribution in [-0.2, 0) is 28.5 Å². The highest BCUT2D eigenvalue weighted by Gasteiger charge is 2.04. The van der Waals surface area contributed by atoms with Crippen LogP contribution in [0.15, 0.2) is 11.8 Å². The fourth-order valence-electron chi connectivity index (χ4n) is 1.02. The molecule has 0 saturated carbocycles. The predicted octanol–water partition coefficient (Wildman–Crippen LogP) is 2.89. The van der Waals surface area contributed by atoms with Crippen molar-refractivity contribution in [1.29, 1.82) is 10.5 Å². The molecule has 0 aromatic carbocycles. The number of carbonyl (C=O) groups is 2. The molecule has 26 heavy (non-hydrogen) atoms. The Labute approximate surface area is 156 Å². The smallest absolute Gasteiger partial charge is 0.271 e. The van der Waals surface area contributed by atoms with Gasteiger partial charge in [-0.2, -0.15) is 10.5 Å². The minimum atomic E-state index is -0.472. The van der Waals surface area contributed by atoms with E-state index in [1.807, 2.05) is 20.8 Å². The molecule has 0 amide bonds. The summed E-state index contributed by atoms with van der Waals surface area (Å²) in [6.45, 7) is 12.1. The first-order valence-electron chi connectivity index (χ1n) is 8.28. The molecule has 0 radical (unpaired) electrons. The maximum absolute atomic E-state index is 10.5. The molecule has 0 fully saturated rings. The van der Waals surface area contributed by atoms with Crippen molar-refractivity contribution in [3.8, 4) is 12.1 Å². The van der Waals surface area contributed by atoms with Crippen LogP contribution in [0.2, 0.25) is 0 Å². The Hall–Kier alpha value is -2.26. The summed E-state index contributed by atoms with van der Waals surface area (Å²) < 4.78 is 20.0. The number of nitriles is 2. The van der Waals surface area contributed by atoms with E-state index < -0.39 is 6.48 Å². The van der Waals surface area contributed by atoms with Crippen molar-refractivity contribution < 1.29 is 28.5 Å². The van der Waals surface area contributed by atoms with Crippen molar-refractivity contribution in [2.75, 3.05) is 26.4 Å². The lowest BCUT2D eigenvalue weighted by Crippen LogP contribution is -2.20. The van der Waals surface area contributed by atoms with Crippen LogP contribution < -0.4 is 0 Å². The largest absolute Gasteiger partial charge is 0.500 e. The summed E-state index contributed by atoms with van der Waals surface area (Å²) >= 11 is 0. The maximum atomic E-state index is 10.5. The van der Waals surface area contributed by atoms with Crippen molar-refractivity contribution >= 4 is 11.6 Å². The molecule has 0 atom stereocenters. The zero-order valence-corrected chi connectivity index (χ0v) is 16.5. The second kappa shape index (κ2) is 22.7. The average molecular weight is 370 g/mol. The molecular formula is C18H30N2O6. The van der Waals surface area contributed by atoms with Gasteiger partial charge in [0.25, 0.3) is 6.48 Å². The predicted molar refractivity (Wildman–Crippen MR) is 95.6 cm³/mol. The fraction of sp³-hybridized carbons (Fsp3) is 0.667. The molecule has 0 aliphatic rings. The lowest BCUT2D eigenvalue weighted by Gasteiger charge is -2.15. The second-order valence-electron chi connectivity index (χ2n) is 4.35. The van der Waals surface area contributed by atoms with Gasteiger partial charge in [-0.25, -0.2) is 0 Å². The van der Waals surface area contributed by atoms with Crippen molar-refractivity contribution in [1.82, 2.24) is 0 Å². The van der Waals surface area contributed by atoms with Crippen molar-refractivity contribution in [3.05, 3.63) is 11.8 Å². The van der Waals surface area contributed by atoms with Gasteiger partial charge in [-0.15, -0.1) is 0 Å². The van der Waals surface area contributed by atoms with Gasteiger partial charge in [0.15, 0.2) is 5.78 Å². The summed E-state index contributed by atoms with van der Waals surface area (Å²) in [5.41, 5.74) is 0.0573. The number of hydrogen-bond donors (Lipinski definition) is 0. The molecule has 0 unspecified atom stereocenters. The van der Waals surface area contributed by atoms with Crippen molar-refractivity contribution in [2.24, 2.45) is 0 Å². The monoisotopic (exact) mass is 370 g/mol. The van der Waals surface area contributed by atoms with E-state index in [2.05, 4.69) is 0 Å². The molecule has 0 rings (SSSR count). The minimum Gasteiger partial charge on any atom is -0.500 e. The van der Waals surface area contributed by atoms with Gasteiger partial charge in [-0.3, -0.25) is 9.59 Å². The lowest BCUT2D eigenvalue weighted by atomic mass is 10.2. The molecule has 0 spiro atoms. The quantitative estimate of drug-likeness (QED) is 0.249. The molecule has 0 aliphatic carbocycles. The fourth-order valence-corrected chi connectivity index (χ4v) is 1.02. The van der Waals surface area contributed by atoms with Gasteiger partial charge >= 0.3 is 0 Å². The third-order valence-corrected chi connectivity index (χ3v) is 2.10. The van der Waals surface area contributed by atoms with Crippen LogP contribution in [0.1, 0.15) is 48.0 Å². The maximum Gasteiger partial charge on any atom is 0.271 e. The normalized spacial score (nSPS) is 9.65. The number of rotatable bonds is 10. The van der Waals surface area contributed by atoms with Crippen molar-refractivity contribution in [3.63, 3.8) is 0 Å². The van der Waals surface area contributed by atoms with Gasteiger partial charge < -0.3 is 18.9 Å². The Morgan fingerprint density at radius 3 is 1.58 bits per heavy atom. The van der Waals surface area contributed by atoms with Crippen LogP contribution in [-0.4, -0.2) is 44.5 Å². The van der Waals surface area contributed by atoms with E-state index in [-0.39, 0.29) is 23.6 Å². The van der Waals surface area contributed by atoms with Crippen LogP contribution in [0.4, 0.5) is 0 Å². The highest BCUT2D eigenvalue weighted by atomic mass is 16.8. The van der Waals surface area contributed by atoms with Crippen LogP contribution in [0.25, 0.3) is 0 Å². The molecule has 8 heteroatoms. The number of carbonyl (C=O) groups excluding carboxylic acids is 2. The molecule has 0 bridgehead atoms. The van der Waals surface area contributed by atoms with E-state index >= 15 is 0 Å². The Kier molecular flexibility index (Phi) is 25.0. The Balaban J connectivity index is -0.000000316. The standard InChI is InChI=1S/C7H9NO2.C7H16O3.C4H5NO/c1-3-10-5-7(4-8)6(2)9;1-4-8-7(9-5-2)10-6-3;1-4(6)2-3-5/h5H,3H2,1-2H3;7H,4-6H2,1-3H3;2H2,1H3/b7-5-;;. The molecule has 0 aromatic heterocycles. The summed E-state index contributed by atoms with van der Waals surface area (Å²) in [6.07, 6.45) is 1.22. The molecule has 0 saturated heterocycles. The molecular weight excluding hydrogens is 340 g/mol. The number of hydrogen-bond acceptors (Lipinski definition) is 8. The Bertz CT molecular complexity index is 463. The zero-order valence-electron chi connectivity index (χ0n) is 16.5. The number of Topliss-reactive ketones (excluding diaryl/α,β-unsaturated/α-hetero) is 2. The third kappa shape index (κ3) is 24.0. The highest BCUT2D eigenvalue weighted by molar-refractivity contribution is 5.96. The van der Waals surface area contributed by atoms with Crippen LogP contribution in [0.5, 0.6) is 0 Å². The van der Waals surface area contributed by atoms with Gasteiger partial charge in [0.2, 0.25) is 0 Å². The van der Waals surface area contributed by atoms with E-state index in [0.29, 0.717) is 26.4 Å².